The number of carbonyl (C=O) groups excluding carboxylic acids is 1. The Balaban J connectivity index is 2.06. The van der Waals surface area contributed by atoms with Crippen LogP contribution in [0.4, 0.5) is 0 Å². The van der Waals surface area contributed by atoms with E-state index >= 15 is 0 Å². The van der Waals surface area contributed by atoms with E-state index in [4.69, 9.17) is 5.73 Å². The van der Waals surface area contributed by atoms with Crippen LogP contribution in [0, 0.1) is 0 Å². The van der Waals surface area contributed by atoms with Crippen LogP contribution in [0.2, 0.25) is 0 Å². The van der Waals surface area contributed by atoms with Gasteiger partial charge in [0.1, 0.15) is 0 Å². The molecule has 0 aromatic carbocycles. The van der Waals surface area contributed by atoms with Gasteiger partial charge in [-0.25, -0.2) is 0 Å². The number of rotatable bonds is 1. The summed E-state index contributed by atoms with van der Waals surface area (Å²) in [6.45, 7) is 1.41. The average Bonchev–Trinajstić information content (AvgIpc) is 2.72. The van der Waals surface area contributed by atoms with E-state index in [0.717, 1.165) is 13.0 Å². The summed E-state index contributed by atoms with van der Waals surface area (Å²) < 4.78 is 0. The smallest absolute Gasteiger partial charge is 0.257 e. The van der Waals surface area contributed by atoms with Gasteiger partial charge in [-0.2, -0.15) is 5.10 Å². The van der Waals surface area contributed by atoms with E-state index in [-0.39, 0.29) is 11.9 Å². The molecule has 1 fully saturated rings. The van der Waals surface area contributed by atoms with Crippen molar-refractivity contribution >= 4 is 5.91 Å². The van der Waals surface area contributed by atoms with Crippen molar-refractivity contribution < 1.29 is 4.79 Å². The Labute approximate surface area is 75.9 Å². The van der Waals surface area contributed by atoms with Crippen molar-refractivity contribution in [3.05, 3.63) is 18.0 Å². The molecule has 0 radical (unpaired) electrons. The molecule has 0 unspecified atom stereocenters. The summed E-state index contributed by atoms with van der Waals surface area (Å²) in [5, 5.41) is 6.35. The molecule has 1 atom stereocenters. The number of aromatic nitrogens is 2. The van der Waals surface area contributed by atoms with Crippen LogP contribution in [0.3, 0.4) is 0 Å². The van der Waals surface area contributed by atoms with Crippen molar-refractivity contribution in [3.8, 4) is 0 Å². The lowest BCUT2D eigenvalue weighted by molar-refractivity contribution is 0.0791. The maximum atomic E-state index is 11.7. The van der Waals surface area contributed by atoms with E-state index in [0.29, 0.717) is 12.1 Å². The molecule has 1 amide bonds. The average molecular weight is 180 g/mol. The van der Waals surface area contributed by atoms with Gasteiger partial charge in [0.05, 0.1) is 11.8 Å². The maximum absolute atomic E-state index is 11.7. The SMILES string of the molecule is N[C@@H]1CCN(C(=O)c2cn[nH]c2)C1. The Morgan fingerprint density at radius 1 is 1.77 bits per heavy atom. The second kappa shape index (κ2) is 3.18. The number of hydrogen-bond acceptors (Lipinski definition) is 3. The van der Waals surface area contributed by atoms with Crippen LogP contribution in [0.5, 0.6) is 0 Å². The lowest BCUT2D eigenvalue weighted by Crippen LogP contribution is -2.31. The van der Waals surface area contributed by atoms with E-state index < -0.39 is 0 Å². The minimum absolute atomic E-state index is 0.0155. The van der Waals surface area contributed by atoms with Crippen molar-refractivity contribution in [1.82, 2.24) is 15.1 Å². The highest BCUT2D eigenvalue weighted by Gasteiger charge is 2.24. The second-order valence-corrected chi connectivity index (χ2v) is 3.29. The largest absolute Gasteiger partial charge is 0.337 e. The fourth-order valence-electron chi connectivity index (χ4n) is 1.52. The topological polar surface area (TPSA) is 75.0 Å². The molecule has 0 aliphatic carbocycles. The number of likely N-dealkylation sites (tertiary alicyclic amines) is 1. The van der Waals surface area contributed by atoms with Crippen molar-refractivity contribution in [3.63, 3.8) is 0 Å². The number of nitrogens with one attached hydrogen (secondary N) is 1. The molecule has 1 aliphatic rings. The molecule has 1 aromatic rings. The van der Waals surface area contributed by atoms with E-state index in [9.17, 15) is 4.79 Å². The molecule has 2 rings (SSSR count). The third kappa shape index (κ3) is 1.55. The van der Waals surface area contributed by atoms with Gasteiger partial charge in [0.2, 0.25) is 0 Å². The normalized spacial score (nSPS) is 22.2. The highest BCUT2D eigenvalue weighted by molar-refractivity contribution is 5.93. The number of amides is 1. The summed E-state index contributed by atoms with van der Waals surface area (Å²) in [5.41, 5.74) is 6.30. The number of nitrogens with two attached hydrogens (primary N) is 1. The molecule has 3 N–H and O–H groups in total. The Kier molecular flexibility index (Phi) is 2.02. The van der Waals surface area contributed by atoms with E-state index in [1.165, 1.54) is 6.20 Å². The maximum Gasteiger partial charge on any atom is 0.257 e. The molecule has 70 valence electrons. The van der Waals surface area contributed by atoms with Gasteiger partial charge in [0.25, 0.3) is 5.91 Å². The second-order valence-electron chi connectivity index (χ2n) is 3.29. The minimum atomic E-state index is 0.0155. The lowest BCUT2D eigenvalue weighted by Gasteiger charge is -2.13. The highest BCUT2D eigenvalue weighted by atomic mass is 16.2. The number of nitrogens with zero attached hydrogens (tertiary/aromatic N) is 2. The van der Waals surface area contributed by atoms with Crippen LogP contribution >= 0.6 is 0 Å². The number of hydrogen-bond donors (Lipinski definition) is 2. The van der Waals surface area contributed by atoms with Crippen LogP contribution in [-0.4, -0.2) is 40.1 Å². The molecular weight excluding hydrogens is 168 g/mol. The Bertz CT molecular complexity index is 295. The molecule has 13 heavy (non-hydrogen) atoms. The lowest BCUT2D eigenvalue weighted by atomic mass is 10.3. The molecule has 1 aromatic heterocycles. The van der Waals surface area contributed by atoms with Crippen LogP contribution in [0.25, 0.3) is 0 Å². The summed E-state index contributed by atoms with van der Waals surface area (Å²) in [7, 11) is 0. The molecule has 0 bridgehead atoms. The van der Waals surface area contributed by atoms with E-state index in [1.54, 1.807) is 11.1 Å². The Morgan fingerprint density at radius 3 is 3.15 bits per heavy atom. The van der Waals surface area contributed by atoms with Crippen molar-refractivity contribution in [2.24, 2.45) is 5.73 Å². The monoisotopic (exact) mass is 180 g/mol. The zero-order valence-corrected chi connectivity index (χ0v) is 7.23. The van der Waals surface area contributed by atoms with Crippen LogP contribution in [0.15, 0.2) is 12.4 Å². The minimum Gasteiger partial charge on any atom is -0.337 e. The quantitative estimate of drug-likeness (QED) is 0.616. The van der Waals surface area contributed by atoms with Crippen LogP contribution in [0.1, 0.15) is 16.8 Å². The molecule has 0 spiro atoms. The van der Waals surface area contributed by atoms with Gasteiger partial charge < -0.3 is 10.6 Å². The first-order chi connectivity index (χ1) is 6.27. The standard InChI is InChI=1S/C8H12N4O/c9-7-1-2-12(5-7)8(13)6-3-10-11-4-6/h3-4,7H,1-2,5,9H2,(H,10,11)/t7-/m1/s1. The predicted octanol–water partition coefficient (Wildman–Crippen LogP) is -0.417. The van der Waals surface area contributed by atoms with Gasteiger partial charge in [-0.3, -0.25) is 9.89 Å². The third-order valence-electron chi connectivity index (χ3n) is 2.26. The van der Waals surface area contributed by atoms with E-state index in [2.05, 4.69) is 10.2 Å². The Morgan fingerprint density at radius 2 is 2.62 bits per heavy atom. The fraction of sp³-hybridized carbons (Fsp3) is 0.500. The van der Waals surface area contributed by atoms with Crippen LogP contribution < -0.4 is 5.73 Å². The first kappa shape index (κ1) is 8.25. The summed E-state index contributed by atoms with van der Waals surface area (Å²) >= 11 is 0. The van der Waals surface area contributed by atoms with Gasteiger partial charge in [-0.05, 0) is 6.42 Å². The molecule has 0 saturated carbocycles. The van der Waals surface area contributed by atoms with Gasteiger partial charge in [0, 0.05) is 25.3 Å². The summed E-state index contributed by atoms with van der Waals surface area (Å²) in [6, 6.07) is 0.135. The zero-order chi connectivity index (χ0) is 9.26. The molecule has 5 heteroatoms. The van der Waals surface area contributed by atoms with Crippen molar-refractivity contribution in [2.45, 2.75) is 12.5 Å². The fourth-order valence-corrected chi connectivity index (χ4v) is 1.52. The Hall–Kier alpha value is -1.36. The zero-order valence-electron chi connectivity index (χ0n) is 7.23. The van der Waals surface area contributed by atoms with Gasteiger partial charge >= 0.3 is 0 Å². The molecule has 1 saturated heterocycles. The summed E-state index contributed by atoms with van der Waals surface area (Å²) in [6.07, 6.45) is 4.03. The number of H-pyrrole nitrogens is 1. The number of carbonyl (C=O) groups is 1. The molecule has 1 aliphatic heterocycles. The van der Waals surface area contributed by atoms with Gasteiger partial charge in [0.15, 0.2) is 0 Å². The molecule has 2 heterocycles. The van der Waals surface area contributed by atoms with Gasteiger partial charge in [-0.15, -0.1) is 0 Å². The predicted molar refractivity (Wildman–Crippen MR) is 47.1 cm³/mol. The summed E-state index contributed by atoms with van der Waals surface area (Å²) in [4.78, 5) is 13.4. The third-order valence-corrected chi connectivity index (χ3v) is 2.26. The van der Waals surface area contributed by atoms with Gasteiger partial charge in [-0.1, -0.05) is 0 Å². The first-order valence-electron chi connectivity index (χ1n) is 4.31. The van der Waals surface area contributed by atoms with E-state index in [1.807, 2.05) is 0 Å². The van der Waals surface area contributed by atoms with Crippen molar-refractivity contribution in [2.75, 3.05) is 13.1 Å². The summed E-state index contributed by atoms with van der Waals surface area (Å²) in [5.74, 6) is 0.0155. The number of aromatic amines is 1. The first-order valence-corrected chi connectivity index (χ1v) is 4.31. The van der Waals surface area contributed by atoms with Crippen LogP contribution in [-0.2, 0) is 0 Å². The van der Waals surface area contributed by atoms with Crippen molar-refractivity contribution in [1.29, 1.82) is 0 Å². The highest BCUT2D eigenvalue weighted by Crippen LogP contribution is 2.10. The molecular formula is C8H12N4O. The molecule has 5 nitrogen and oxygen atoms in total.